The Labute approximate surface area is 139 Å². The van der Waals surface area contributed by atoms with Crippen LogP contribution in [0.3, 0.4) is 0 Å². The van der Waals surface area contributed by atoms with Crippen LogP contribution in [0, 0.1) is 0 Å². The average molecular weight is 519 g/mol. The molecule has 5 heteroatoms. The number of carbonyl (C=O) groups excluding carboxylic acids is 1. The van der Waals surface area contributed by atoms with Gasteiger partial charge in [0.2, 0.25) is 5.24 Å². The Kier molecular flexibility index (Phi) is 30.7. The first-order chi connectivity index (χ1) is 8.20. The molecule has 0 unspecified atom stereocenters. The molecule has 0 aliphatic rings. The van der Waals surface area contributed by atoms with Gasteiger partial charge in [0, 0.05) is 6.42 Å². The van der Waals surface area contributed by atoms with Crippen LogP contribution < -0.4 is 0 Å². The topological polar surface area (TPSA) is 17.1 Å². The standard InChI is InChI=1S/C8H7ClO.2C2H6.2HI.V/c9-8(10)6-7-4-2-1-3-5-7;2*1-2;;;/h1-5H,6H2;2*1-2H3;2*1H;/q;;;;;+2/p-2. The fraction of sp³-hybridized carbons (Fsp3) is 0.417. The SMILES string of the molecule is CC.CC.O=C(Cl)Cc1ccccc1.[I][V][I]. The van der Waals surface area contributed by atoms with Gasteiger partial charge in [-0.05, 0) is 17.2 Å². The summed E-state index contributed by atoms with van der Waals surface area (Å²) in [4.78, 5) is 10.4. The van der Waals surface area contributed by atoms with E-state index in [1.165, 1.54) is 0 Å². The summed E-state index contributed by atoms with van der Waals surface area (Å²) >= 11 is 9.91. The molecule has 17 heavy (non-hydrogen) atoms. The second-order valence-electron chi connectivity index (χ2n) is 2.08. The van der Waals surface area contributed by atoms with Gasteiger partial charge < -0.3 is 0 Å². The molecule has 0 saturated carbocycles. The Morgan fingerprint density at radius 2 is 1.47 bits per heavy atom. The Morgan fingerprint density at radius 3 is 1.76 bits per heavy atom. The molecule has 1 rings (SSSR count). The van der Waals surface area contributed by atoms with Crippen molar-refractivity contribution in [3.63, 3.8) is 0 Å². The minimum atomic E-state index is -0.314. The van der Waals surface area contributed by atoms with E-state index in [0.717, 1.165) is 5.56 Å². The average Bonchev–Trinajstić information content (AvgIpc) is 2.36. The van der Waals surface area contributed by atoms with E-state index in [0.29, 0.717) is 15.9 Å². The number of carbonyl (C=O) groups is 1. The Hall–Kier alpha value is 1.22. The molecular weight excluding hydrogens is 500 g/mol. The van der Waals surface area contributed by atoms with Gasteiger partial charge in [-0.15, -0.1) is 0 Å². The summed E-state index contributed by atoms with van der Waals surface area (Å²) in [5.41, 5.74) is 0.961. The van der Waals surface area contributed by atoms with E-state index < -0.39 is 0 Å². The fourth-order valence-corrected chi connectivity index (χ4v) is 0.911. The van der Waals surface area contributed by atoms with Gasteiger partial charge >= 0.3 is 49.4 Å². The van der Waals surface area contributed by atoms with Crippen LogP contribution in [0.4, 0.5) is 0 Å². The summed E-state index contributed by atoms with van der Waals surface area (Å²) < 4.78 is 0. The molecular formula is C12H19ClI2OV. The van der Waals surface area contributed by atoms with Crippen LogP contribution in [-0.4, -0.2) is 5.24 Å². The number of rotatable bonds is 2. The Balaban J connectivity index is -0.000000239. The minimum absolute atomic E-state index is 0.314. The predicted octanol–water partition coefficient (Wildman–Crippen LogP) is 5.82. The van der Waals surface area contributed by atoms with E-state index in [-0.39, 0.29) is 5.24 Å². The zero-order valence-electron chi connectivity index (χ0n) is 10.6. The van der Waals surface area contributed by atoms with E-state index in [1.807, 2.05) is 58.0 Å². The molecule has 0 N–H and O–H groups in total. The second kappa shape index (κ2) is 22.4. The van der Waals surface area contributed by atoms with Crippen molar-refractivity contribution in [3.8, 4) is 0 Å². The molecule has 0 radical (unpaired) electrons. The van der Waals surface area contributed by atoms with Crippen LogP contribution >= 0.6 is 51.6 Å². The van der Waals surface area contributed by atoms with Gasteiger partial charge in [0.05, 0.1) is 0 Å². The van der Waals surface area contributed by atoms with E-state index >= 15 is 0 Å². The molecule has 0 aliphatic carbocycles. The van der Waals surface area contributed by atoms with E-state index in [1.54, 1.807) is 0 Å². The number of halogens is 3. The van der Waals surface area contributed by atoms with Crippen LogP contribution in [-0.2, 0) is 20.7 Å². The molecule has 0 bridgehead atoms. The first-order valence-electron chi connectivity index (χ1n) is 5.35. The third-order valence-corrected chi connectivity index (χ3v) is 1.32. The zero-order valence-corrected chi connectivity index (χ0v) is 17.1. The van der Waals surface area contributed by atoms with Crippen molar-refractivity contribution in [2.24, 2.45) is 0 Å². The van der Waals surface area contributed by atoms with Crippen molar-refractivity contribution in [3.05, 3.63) is 35.9 Å². The summed E-state index contributed by atoms with van der Waals surface area (Å²) in [5, 5.41) is -0.314. The number of benzene rings is 1. The first-order valence-corrected chi connectivity index (χ1v) is 14.7. The number of hydrogen-bond acceptors (Lipinski definition) is 1. The molecule has 0 spiro atoms. The molecule has 1 aromatic carbocycles. The van der Waals surface area contributed by atoms with E-state index in [2.05, 4.69) is 40.0 Å². The summed E-state index contributed by atoms with van der Waals surface area (Å²) in [6.45, 7) is 8.00. The van der Waals surface area contributed by atoms with Crippen molar-refractivity contribution >= 4 is 56.8 Å². The monoisotopic (exact) mass is 519 g/mol. The maximum absolute atomic E-state index is 10.4. The van der Waals surface area contributed by atoms with Crippen LogP contribution in [0.2, 0.25) is 0 Å². The van der Waals surface area contributed by atoms with Crippen LogP contribution in [0.25, 0.3) is 0 Å². The Morgan fingerprint density at radius 1 is 1.12 bits per heavy atom. The van der Waals surface area contributed by atoms with Gasteiger partial charge in [0.15, 0.2) is 0 Å². The molecule has 0 amide bonds. The van der Waals surface area contributed by atoms with E-state index in [4.69, 9.17) is 11.6 Å². The van der Waals surface area contributed by atoms with Crippen molar-refractivity contribution in [2.45, 2.75) is 34.1 Å². The van der Waals surface area contributed by atoms with Crippen LogP contribution in [0.5, 0.6) is 0 Å². The normalized spacial score (nSPS) is 7.00. The summed E-state index contributed by atoms with van der Waals surface area (Å²) in [7, 11) is 0.628. The summed E-state index contributed by atoms with van der Waals surface area (Å²) in [5.74, 6) is 0. The fourth-order valence-electron chi connectivity index (χ4n) is 0.756. The van der Waals surface area contributed by atoms with Gasteiger partial charge in [-0.2, -0.15) is 0 Å². The second-order valence-corrected chi connectivity index (χ2v) is 14.3. The van der Waals surface area contributed by atoms with Gasteiger partial charge in [0.1, 0.15) is 0 Å². The molecule has 99 valence electrons. The molecule has 0 aromatic heterocycles. The van der Waals surface area contributed by atoms with Crippen molar-refractivity contribution in [1.82, 2.24) is 0 Å². The third-order valence-electron chi connectivity index (χ3n) is 1.19. The van der Waals surface area contributed by atoms with Crippen LogP contribution in [0.15, 0.2) is 30.3 Å². The van der Waals surface area contributed by atoms with E-state index in [9.17, 15) is 4.79 Å². The molecule has 1 nitrogen and oxygen atoms in total. The van der Waals surface area contributed by atoms with Gasteiger partial charge in [-0.3, -0.25) is 4.79 Å². The third kappa shape index (κ3) is 22.8. The van der Waals surface area contributed by atoms with Crippen LogP contribution in [0.1, 0.15) is 33.3 Å². The van der Waals surface area contributed by atoms with Crippen molar-refractivity contribution in [1.29, 1.82) is 0 Å². The van der Waals surface area contributed by atoms with Gasteiger partial charge in [0.25, 0.3) is 0 Å². The quantitative estimate of drug-likeness (QED) is 0.356. The van der Waals surface area contributed by atoms with Gasteiger partial charge in [-0.1, -0.05) is 58.0 Å². The zero-order chi connectivity index (χ0) is 14.1. The molecule has 0 saturated heterocycles. The van der Waals surface area contributed by atoms with Crippen molar-refractivity contribution < 1.29 is 14.3 Å². The first kappa shape index (κ1) is 23.3. The molecule has 0 fully saturated rings. The van der Waals surface area contributed by atoms with Crippen molar-refractivity contribution in [2.75, 3.05) is 0 Å². The molecule has 1 aromatic rings. The summed E-state index contributed by atoms with van der Waals surface area (Å²) in [6.07, 6.45) is 0.322. The number of hydrogen-bond donors (Lipinski definition) is 0. The Bertz CT molecular complexity index is 246. The summed E-state index contributed by atoms with van der Waals surface area (Å²) in [6, 6.07) is 9.42. The molecule has 0 heterocycles. The maximum atomic E-state index is 10.4. The molecule has 0 atom stereocenters. The predicted molar refractivity (Wildman–Crippen MR) is 91.7 cm³/mol. The van der Waals surface area contributed by atoms with Gasteiger partial charge in [-0.25, -0.2) is 0 Å². The molecule has 0 aliphatic heterocycles.